The number of methoxy groups -OCH3 is 1. The minimum atomic E-state index is -0.667. The highest BCUT2D eigenvalue weighted by atomic mass is 35.5. The van der Waals surface area contributed by atoms with Crippen molar-refractivity contribution in [1.29, 1.82) is 0 Å². The summed E-state index contributed by atoms with van der Waals surface area (Å²) in [4.78, 5) is 17.4. The lowest BCUT2D eigenvalue weighted by atomic mass is 10.1. The second-order valence-electron chi connectivity index (χ2n) is 6.62. The fraction of sp³-hybridized carbons (Fsp3) is 0.130. The summed E-state index contributed by atoms with van der Waals surface area (Å²) < 4.78 is 11.0. The number of benzene rings is 3. The molecule has 0 saturated heterocycles. The van der Waals surface area contributed by atoms with Gasteiger partial charge in [0.05, 0.1) is 23.3 Å². The van der Waals surface area contributed by atoms with Crippen LogP contribution in [0, 0.1) is 6.92 Å². The molecule has 0 heterocycles. The first-order valence-electron chi connectivity index (χ1n) is 9.24. The number of nitrogens with two attached hydrogens (primary N) is 1. The lowest BCUT2D eigenvalue weighted by Crippen LogP contribution is -2.16. The van der Waals surface area contributed by atoms with E-state index in [1.165, 1.54) is 7.11 Å². The van der Waals surface area contributed by atoms with Crippen LogP contribution in [0.15, 0.2) is 65.8 Å². The number of amidine groups is 1. The molecule has 0 aliphatic rings. The number of hydrogen-bond donors (Lipinski definition) is 1. The number of ether oxygens (including phenoxy) is 2. The number of carbonyl (C=O) groups excluding carboxylic acids is 1. The SMILES string of the molecule is COc1ccc(Cl)cc1/C(N)=N/OC(=O)c1cccc(COc2cc(C)ccc2Cl)c1. The molecule has 0 aliphatic heterocycles. The molecule has 2 N–H and O–H groups in total. The Bertz CT molecular complexity index is 1130. The first-order chi connectivity index (χ1) is 14.9. The van der Waals surface area contributed by atoms with Gasteiger partial charge in [0.25, 0.3) is 0 Å². The first-order valence-corrected chi connectivity index (χ1v) is 9.99. The molecule has 0 unspecified atom stereocenters. The molecular weight excluding hydrogens is 439 g/mol. The Hall–Kier alpha value is -3.22. The predicted molar refractivity (Wildman–Crippen MR) is 121 cm³/mol. The Morgan fingerprint density at radius 2 is 1.84 bits per heavy atom. The van der Waals surface area contributed by atoms with Crippen LogP contribution < -0.4 is 15.2 Å². The maximum Gasteiger partial charge on any atom is 0.365 e. The molecular formula is C23H20Cl2N2O4. The smallest absolute Gasteiger partial charge is 0.365 e. The van der Waals surface area contributed by atoms with Crippen molar-refractivity contribution in [2.75, 3.05) is 7.11 Å². The van der Waals surface area contributed by atoms with E-state index in [9.17, 15) is 4.79 Å². The zero-order chi connectivity index (χ0) is 22.4. The Balaban J connectivity index is 1.69. The molecule has 0 saturated carbocycles. The number of halogens is 2. The van der Waals surface area contributed by atoms with Gasteiger partial charge in [-0.25, -0.2) is 4.79 Å². The fourth-order valence-corrected chi connectivity index (χ4v) is 3.09. The van der Waals surface area contributed by atoms with Crippen LogP contribution in [0.1, 0.15) is 27.0 Å². The van der Waals surface area contributed by atoms with Gasteiger partial charge in [-0.2, -0.15) is 0 Å². The zero-order valence-corrected chi connectivity index (χ0v) is 18.4. The van der Waals surface area contributed by atoms with E-state index in [4.69, 9.17) is 43.2 Å². The second kappa shape index (κ2) is 10.2. The van der Waals surface area contributed by atoms with Crippen molar-refractivity contribution >= 4 is 35.0 Å². The molecule has 3 rings (SSSR count). The van der Waals surface area contributed by atoms with E-state index in [1.54, 1.807) is 42.5 Å². The highest BCUT2D eigenvalue weighted by Crippen LogP contribution is 2.26. The number of oxime groups is 1. The van der Waals surface area contributed by atoms with Crippen LogP contribution >= 0.6 is 23.2 Å². The summed E-state index contributed by atoms with van der Waals surface area (Å²) in [5.74, 6) is 0.318. The number of rotatable bonds is 7. The van der Waals surface area contributed by atoms with Gasteiger partial charge in [-0.15, -0.1) is 0 Å². The molecule has 160 valence electrons. The van der Waals surface area contributed by atoms with Gasteiger partial charge in [0, 0.05) is 5.02 Å². The third-order valence-electron chi connectivity index (χ3n) is 4.31. The molecule has 3 aromatic carbocycles. The van der Waals surface area contributed by atoms with Crippen molar-refractivity contribution in [3.8, 4) is 11.5 Å². The van der Waals surface area contributed by atoms with Crippen molar-refractivity contribution in [2.24, 2.45) is 10.9 Å². The first kappa shape index (κ1) is 22.5. The Morgan fingerprint density at radius 3 is 2.61 bits per heavy atom. The summed E-state index contributed by atoms with van der Waals surface area (Å²) >= 11 is 12.1. The van der Waals surface area contributed by atoms with Crippen molar-refractivity contribution < 1.29 is 19.1 Å². The molecule has 6 nitrogen and oxygen atoms in total. The van der Waals surface area contributed by atoms with Gasteiger partial charge < -0.3 is 20.0 Å². The minimum Gasteiger partial charge on any atom is -0.496 e. The van der Waals surface area contributed by atoms with Gasteiger partial charge in [-0.3, -0.25) is 0 Å². The van der Waals surface area contributed by atoms with E-state index in [0.717, 1.165) is 11.1 Å². The molecule has 0 atom stereocenters. The van der Waals surface area contributed by atoms with E-state index in [-0.39, 0.29) is 12.4 Å². The summed E-state index contributed by atoms with van der Waals surface area (Å²) in [6.07, 6.45) is 0. The van der Waals surface area contributed by atoms with Crippen molar-refractivity contribution in [2.45, 2.75) is 13.5 Å². The maximum atomic E-state index is 12.4. The van der Waals surface area contributed by atoms with Gasteiger partial charge in [0.1, 0.15) is 18.1 Å². The summed E-state index contributed by atoms with van der Waals surface area (Å²) in [6, 6.07) is 17.2. The molecule has 3 aromatic rings. The third-order valence-corrected chi connectivity index (χ3v) is 4.86. The van der Waals surface area contributed by atoms with Crippen LogP contribution in [0.2, 0.25) is 10.0 Å². The number of carbonyl (C=O) groups is 1. The summed E-state index contributed by atoms with van der Waals surface area (Å²) in [6.45, 7) is 2.18. The molecule has 0 aromatic heterocycles. The monoisotopic (exact) mass is 458 g/mol. The fourth-order valence-electron chi connectivity index (χ4n) is 2.74. The number of hydrogen-bond acceptors (Lipinski definition) is 5. The van der Waals surface area contributed by atoms with Crippen LogP contribution in [-0.2, 0) is 11.4 Å². The normalized spacial score (nSPS) is 11.2. The lowest BCUT2D eigenvalue weighted by molar-refractivity contribution is 0.0515. The minimum absolute atomic E-state index is 0.0405. The van der Waals surface area contributed by atoms with Crippen molar-refractivity contribution in [1.82, 2.24) is 0 Å². The number of aryl methyl sites for hydroxylation is 1. The van der Waals surface area contributed by atoms with Crippen LogP contribution in [-0.4, -0.2) is 18.9 Å². The highest BCUT2D eigenvalue weighted by molar-refractivity contribution is 6.32. The average molecular weight is 459 g/mol. The maximum absolute atomic E-state index is 12.4. The quantitative estimate of drug-likeness (QED) is 0.222. The average Bonchev–Trinajstić information content (AvgIpc) is 2.78. The predicted octanol–water partition coefficient (Wildman–Crippen LogP) is 5.37. The van der Waals surface area contributed by atoms with Crippen LogP contribution in [0.25, 0.3) is 0 Å². The number of nitrogens with zero attached hydrogens (tertiary/aromatic N) is 1. The van der Waals surface area contributed by atoms with E-state index in [2.05, 4.69) is 5.16 Å². The molecule has 31 heavy (non-hydrogen) atoms. The molecule has 0 amide bonds. The summed E-state index contributed by atoms with van der Waals surface area (Å²) in [5.41, 5.74) is 8.45. The topological polar surface area (TPSA) is 83.1 Å². The molecule has 8 heteroatoms. The van der Waals surface area contributed by atoms with E-state index in [0.29, 0.717) is 32.7 Å². The van der Waals surface area contributed by atoms with E-state index < -0.39 is 5.97 Å². The Morgan fingerprint density at radius 1 is 1.03 bits per heavy atom. The molecule has 0 fully saturated rings. The Labute approximate surface area is 190 Å². The zero-order valence-electron chi connectivity index (χ0n) is 16.9. The lowest BCUT2D eigenvalue weighted by Gasteiger charge is -2.10. The largest absolute Gasteiger partial charge is 0.496 e. The van der Waals surface area contributed by atoms with Gasteiger partial charge in [0.2, 0.25) is 0 Å². The van der Waals surface area contributed by atoms with E-state index >= 15 is 0 Å². The standard InChI is InChI=1S/C23H20Cl2N2O4/c1-14-6-8-19(25)21(10-14)30-13-15-4-3-5-16(11-15)23(28)31-27-22(26)18-12-17(24)7-9-20(18)29-2/h3-12H,13H2,1-2H3,(H2,26,27). The molecule has 0 bridgehead atoms. The van der Waals surface area contributed by atoms with Crippen LogP contribution in [0.5, 0.6) is 11.5 Å². The highest BCUT2D eigenvalue weighted by Gasteiger charge is 2.12. The third kappa shape index (κ3) is 5.90. The van der Waals surface area contributed by atoms with Crippen LogP contribution in [0.4, 0.5) is 0 Å². The van der Waals surface area contributed by atoms with Gasteiger partial charge in [-0.05, 0) is 60.5 Å². The Kier molecular flexibility index (Phi) is 7.39. The molecule has 0 spiro atoms. The van der Waals surface area contributed by atoms with Crippen molar-refractivity contribution in [3.05, 3.63) is 93.0 Å². The second-order valence-corrected chi connectivity index (χ2v) is 7.47. The van der Waals surface area contributed by atoms with Crippen molar-refractivity contribution in [3.63, 3.8) is 0 Å². The van der Waals surface area contributed by atoms with Gasteiger partial charge in [-0.1, -0.05) is 46.6 Å². The summed E-state index contributed by atoms with van der Waals surface area (Å²) in [5, 5.41) is 4.68. The molecule has 0 radical (unpaired) electrons. The molecule has 0 aliphatic carbocycles. The van der Waals surface area contributed by atoms with Gasteiger partial charge in [0.15, 0.2) is 5.84 Å². The van der Waals surface area contributed by atoms with E-state index in [1.807, 2.05) is 25.1 Å². The summed E-state index contributed by atoms with van der Waals surface area (Å²) in [7, 11) is 1.49. The van der Waals surface area contributed by atoms with Crippen LogP contribution in [0.3, 0.4) is 0 Å². The van der Waals surface area contributed by atoms with Gasteiger partial charge >= 0.3 is 5.97 Å².